The van der Waals surface area contributed by atoms with Crippen LogP contribution in [0.25, 0.3) is 0 Å². The fourth-order valence-corrected chi connectivity index (χ4v) is 1.00. The van der Waals surface area contributed by atoms with Crippen LogP contribution in [0.1, 0.15) is 12.5 Å². The number of benzene rings is 1. The normalized spacial score (nSPS) is 10.7. The SMILES string of the molecule is CC=CCc1ccc(Cl)cc1. The van der Waals surface area contributed by atoms with Gasteiger partial charge in [0.15, 0.2) is 0 Å². The van der Waals surface area contributed by atoms with E-state index in [0.717, 1.165) is 11.4 Å². The van der Waals surface area contributed by atoms with Crippen molar-refractivity contribution in [1.82, 2.24) is 0 Å². The summed E-state index contributed by atoms with van der Waals surface area (Å²) in [5, 5.41) is 0.800. The van der Waals surface area contributed by atoms with E-state index in [1.54, 1.807) is 0 Å². The van der Waals surface area contributed by atoms with Gasteiger partial charge in [-0.15, -0.1) is 0 Å². The van der Waals surface area contributed by atoms with Gasteiger partial charge in [-0.1, -0.05) is 35.9 Å². The smallest absolute Gasteiger partial charge is 0.0406 e. The number of hydrogen-bond donors (Lipinski definition) is 0. The lowest BCUT2D eigenvalue weighted by molar-refractivity contribution is 1.26. The van der Waals surface area contributed by atoms with Crippen molar-refractivity contribution in [3.8, 4) is 0 Å². The van der Waals surface area contributed by atoms with Crippen molar-refractivity contribution < 1.29 is 0 Å². The van der Waals surface area contributed by atoms with Crippen LogP contribution in [0.15, 0.2) is 36.4 Å². The van der Waals surface area contributed by atoms with Gasteiger partial charge in [0.05, 0.1) is 0 Å². The second-order valence-corrected chi connectivity index (χ2v) is 2.84. The minimum absolute atomic E-state index is 0.800. The van der Waals surface area contributed by atoms with Crippen molar-refractivity contribution in [3.05, 3.63) is 47.0 Å². The third kappa shape index (κ3) is 2.77. The third-order valence-electron chi connectivity index (χ3n) is 1.50. The number of allylic oxidation sites excluding steroid dienone is 2. The molecule has 0 radical (unpaired) electrons. The van der Waals surface area contributed by atoms with Crippen LogP contribution in [-0.4, -0.2) is 0 Å². The quantitative estimate of drug-likeness (QED) is 0.591. The van der Waals surface area contributed by atoms with E-state index in [2.05, 4.69) is 12.2 Å². The van der Waals surface area contributed by atoms with Crippen LogP contribution < -0.4 is 0 Å². The predicted octanol–water partition coefficient (Wildman–Crippen LogP) is 3.46. The van der Waals surface area contributed by atoms with E-state index in [-0.39, 0.29) is 0 Å². The highest BCUT2D eigenvalue weighted by Crippen LogP contribution is 2.09. The Hall–Kier alpha value is -0.750. The first-order valence-corrected chi connectivity index (χ1v) is 4.06. The summed E-state index contributed by atoms with van der Waals surface area (Å²) in [4.78, 5) is 0. The minimum atomic E-state index is 0.800. The van der Waals surface area contributed by atoms with E-state index >= 15 is 0 Å². The van der Waals surface area contributed by atoms with Crippen LogP contribution in [-0.2, 0) is 6.42 Å². The molecule has 0 bridgehead atoms. The first-order chi connectivity index (χ1) is 5.33. The van der Waals surface area contributed by atoms with Gasteiger partial charge < -0.3 is 0 Å². The van der Waals surface area contributed by atoms with Gasteiger partial charge in [0.25, 0.3) is 0 Å². The summed E-state index contributed by atoms with van der Waals surface area (Å²) >= 11 is 5.73. The fourth-order valence-electron chi connectivity index (χ4n) is 0.874. The maximum Gasteiger partial charge on any atom is 0.0406 e. The first kappa shape index (κ1) is 8.35. The van der Waals surface area contributed by atoms with Crippen molar-refractivity contribution in [1.29, 1.82) is 0 Å². The van der Waals surface area contributed by atoms with E-state index in [4.69, 9.17) is 11.6 Å². The predicted molar refractivity (Wildman–Crippen MR) is 50.0 cm³/mol. The zero-order valence-corrected chi connectivity index (χ0v) is 7.31. The molecule has 1 aromatic carbocycles. The van der Waals surface area contributed by atoms with Crippen molar-refractivity contribution in [2.75, 3.05) is 0 Å². The van der Waals surface area contributed by atoms with E-state index in [0.29, 0.717) is 0 Å². The Labute approximate surface area is 72.5 Å². The van der Waals surface area contributed by atoms with Gasteiger partial charge in [-0.2, -0.15) is 0 Å². The Morgan fingerprint density at radius 3 is 2.45 bits per heavy atom. The molecule has 0 aliphatic carbocycles. The van der Waals surface area contributed by atoms with Gasteiger partial charge in [-0.3, -0.25) is 0 Å². The maximum absolute atomic E-state index is 5.73. The lowest BCUT2D eigenvalue weighted by Crippen LogP contribution is -1.78. The largest absolute Gasteiger partial charge is 0.0913 e. The van der Waals surface area contributed by atoms with E-state index in [1.807, 2.05) is 31.2 Å². The highest BCUT2D eigenvalue weighted by molar-refractivity contribution is 6.30. The van der Waals surface area contributed by atoms with Crippen LogP contribution >= 0.6 is 11.6 Å². The molecule has 0 saturated heterocycles. The van der Waals surface area contributed by atoms with Gasteiger partial charge in [-0.25, -0.2) is 0 Å². The summed E-state index contributed by atoms with van der Waals surface area (Å²) in [7, 11) is 0. The molecular formula is C10H11Cl. The number of hydrogen-bond acceptors (Lipinski definition) is 0. The Morgan fingerprint density at radius 2 is 1.91 bits per heavy atom. The average Bonchev–Trinajstić information content (AvgIpc) is 2.04. The summed E-state index contributed by atoms with van der Waals surface area (Å²) in [5.74, 6) is 0. The van der Waals surface area contributed by atoms with Crippen molar-refractivity contribution >= 4 is 11.6 Å². The van der Waals surface area contributed by atoms with Crippen LogP contribution in [0.5, 0.6) is 0 Å². The summed E-state index contributed by atoms with van der Waals surface area (Å²) < 4.78 is 0. The molecule has 0 aromatic heterocycles. The van der Waals surface area contributed by atoms with Crippen LogP contribution in [0.2, 0.25) is 5.02 Å². The molecule has 0 nitrogen and oxygen atoms in total. The van der Waals surface area contributed by atoms with Gasteiger partial charge in [0.2, 0.25) is 0 Å². The molecule has 0 aliphatic rings. The lowest BCUT2D eigenvalue weighted by Gasteiger charge is -1.94. The molecule has 0 fully saturated rings. The van der Waals surface area contributed by atoms with E-state index in [9.17, 15) is 0 Å². The zero-order chi connectivity index (χ0) is 8.10. The van der Waals surface area contributed by atoms with E-state index < -0.39 is 0 Å². The lowest BCUT2D eigenvalue weighted by atomic mass is 10.1. The second-order valence-electron chi connectivity index (χ2n) is 2.40. The van der Waals surface area contributed by atoms with Crippen LogP contribution in [0.3, 0.4) is 0 Å². The van der Waals surface area contributed by atoms with Crippen molar-refractivity contribution in [2.45, 2.75) is 13.3 Å². The Bertz CT molecular complexity index is 234. The average molecular weight is 167 g/mol. The summed E-state index contributed by atoms with van der Waals surface area (Å²) in [5.41, 5.74) is 1.30. The molecule has 0 unspecified atom stereocenters. The molecule has 0 spiro atoms. The molecule has 0 atom stereocenters. The third-order valence-corrected chi connectivity index (χ3v) is 1.75. The molecule has 0 N–H and O–H groups in total. The maximum atomic E-state index is 5.73. The topological polar surface area (TPSA) is 0 Å². The van der Waals surface area contributed by atoms with Gasteiger partial charge >= 0.3 is 0 Å². The molecule has 0 amide bonds. The van der Waals surface area contributed by atoms with Crippen LogP contribution in [0.4, 0.5) is 0 Å². The first-order valence-electron chi connectivity index (χ1n) is 3.68. The molecule has 1 heteroatoms. The zero-order valence-electron chi connectivity index (χ0n) is 6.55. The van der Waals surface area contributed by atoms with Gasteiger partial charge in [-0.05, 0) is 31.0 Å². The Balaban J connectivity index is 2.66. The highest BCUT2D eigenvalue weighted by Gasteiger charge is 1.88. The van der Waals surface area contributed by atoms with Crippen molar-refractivity contribution in [2.24, 2.45) is 0 Å². The molecule has 0 heterocycles. The molecule has 1 rings (SSSR count). The molecule has 0 aliphatic heterocycles. The monoisotopic (exact) mass is 166 g/mol. The van der Waals surface area contributed by atoms with E-state index in [1.165, 1.54) is 5.56 Å². The Morgan fingerprint density at radius 1 is 1.27 bits per heavy atom. The van der Waals surface area contributed by atoms with Gasteiger partial charge in [0.1, 0.15) is 0 Å². The van der Waals surface area contributed by atoms with Crippen LogP contribution in [0, 0.1) is 0 Å². The van der Waals surface area contributed by atoms with Gasteiger partial charge in [0, 0.05) is 5.02 Å². The second kappa shape index (κ2) is 4.20. The highest BCUT2D eigenvalue weighted by atomic mass is 35.5. The summed E-state index contributed by atoms with van der Waals surface area (Å²) in [6.45, 7) is 2.02. The molecule has 0 saturated carbocycles. The number of rotatable bonds is 2. The molecule has 11 heavy (non-hydrogen) atoms. The number of halogens is 1. The summed E-state index contributed by atoms with van der Waals surface area (Å²) in [6.07, 6.45) is 5.17. The molecule has 1 aromatic rings. The fraction of sp³-hybridized carbons (Fsp3) is 0.200. The molecular weight excluding hydrogens is 156 g/mol. The Kier molecular flexibility index (Phi) is 3.18. The molecule has 58 valence electrons. The minimum Gasteiger partial charge on any atom is -0.0913 e. The summed E-state index contributed by atoms with van der Waals surface area (Å²) in [6, 6.07) is 7.92. The standard InChI is InChI=1S/C10H11Cl/c1-2-3-4-9-5-7-10(11)8-6-9/h2-3,5-8H,4H2,1H3. The van der Waals surface area contributed by atoms with Crippen molar-refractivity contribution in [3.63, 3.8) is 0 Å².